The molecule has 592 valence electrons. The Morgan fingerprint density at radius 3 is 1.61 bits per heavy atom. The van der Waals surface area contributed by atoms with Gasteiger partial charge in [0, 0.05) is 51.0 Å². The summed E-state index contributed by atoms with van der Waals surface area (Å²) in [6, 6.07) is 55.0. The van der Waals surface area contributed by atoms with Crippen LogP contribution in [0.1, 0.15) is 117 Å². The Morgan fingerprint density at radius 2 is 1.03 bits per heavy atom. The molecule has 0 spiro atoms. The van der Waals surface area contributed by atoms with Gasteiger partial charge in [0.05, 0.1) is 32.3 Å². The molecule has 3 saturated heterocycles. The number of nitrogens with zero attached hydrogens (tertiary/aromatic N) is 5. The van der Waals surface area contributed by atoms with Crippen LogP contribution in [0.4, 0.5) is 19.2 Å². The molecule has 113 heavy (non-hydrogen) atoms. The number of alkyl carbamates (subject to hydrolysis) is 1. The van der Waals surface area contributed by atoms with E-state index < -0.39 is 120 Å². The van der Waals surface area contributed by atoms with Gasteiger partial charge in [-0.25, -0.2) is 24.1 Å². The predicted molar refractivity (Wildman–Crippen MR) is 419 cm³/mol. The lowest BCUT2D eigenvalue weighted by atomic mass is 9.93. The third kappa shape index (κ3) is 22.8. The van der Waals surface area contributed by atoms with Gasteiger partial charge >= 0.3 is 24.4 Å². The number of carbonyl (C=O) groups is 11. The van der Waals surface area contributed by atoms with E-state index in [0.29, 0.717) is 60.9 Å². The van der Waals surface area contributed by atoms with Gasteiger partial charge in [0.25, 0.3) is 0 Å². The molecule has 5 N–H and O–H groups in total. The first-order valence-corrected chi connectivity index (χ1v) is 38.5. The number of ether oxygens (including phenoxy) is 5. The van der Waals surface area contributed by atoms with Crippen molar-refractivity contribution in [2.75, 3.05) is 59.0 Å². The van der Waals surface area contributed by atoms with E-state index in [1.807, 2.05) is 66.7 Å². The van der Waals surface area contributed by atoms with Crippen LogP contribution in [0, 0.1) is 11.3 Å². The monoisotopic (exact) mass is 1540 g/mol. The summed E-state index contributed by atoms with van der Waals surface area (Å²) in [6.07, 6.45) is -1.77. The van der Waals surface area contributed by atoms with Gasteiger partial charge in [-0.05, 0) is 129 Å². The molecular weight excluding hydrogens is 1440 g/mol. The number of Topliss-reactive ketones (excluding diaryl/α,β-unsaturated/α-hetero) is 2. The number of benzene rings is 7. The van der Waals surface area contributed by atoms with E-state index in [1.54, 1.807) is 142 Å². The SMILES string of the molecule is CC(C)(C)OC(=O)N(CCCN(C(=N)NC(=O)OCc1ccccc1)C(=O)OCc1ccccc1)CC(=O)[C@H](Cc1ccccc1)NC(=O)[C@@H]1CCCN1C(=O)[C@H](COCc1ccccc1)NC(=O)[C@@H](CC(=O)CNC(=O)[C@@H]1CCCN1C(=O)[C@@H]1CCCN1C(=O)OCC1c2ccccc2-c2ccccc21)Cc1ccccc1. The first-order valence-electron chi connectivity index (χ1n) is 38.5. The average molecular weight is 1540 g/mol. The van der Waals surface area contributed by atoms with Crippen LogP contribution in [0.3, 0.4) is 0 Å². The van der Waals surface area contributed by atoms with E-state index in [2.05, 4.69) is 33.4 Å². The summed E-state index contributed by atoms with van der Waals surface area (Å²) in [5.41, 5.74) is 6.66. The van der Waals surface area contributed by atoms with Gasteiger partial charge in [-0.2, -0.15) is 0 Å². The largest absolute Gasteiger partial charge is 0.448 e. The van der Waals surface area contributed by atoms with Crippen molar-refractivity contribution in [1.82, 2.24) is 45.8 Å². The van der Waals surface area contributed by atoms with Crippen LogP contribution >= 0.6 is 0 Å². The van der Waals surface area contributed by atoms with Crippen molar-refractivity contribution >= 4 is 71.4 Å². The quantitative estimate of drug-likeness (QED) is 0.0149. The summed E-state index contributed by atoms with van der Waals surface area (Å²) in [6.45, 7) is 3.33. The highest BCUT2D eigenvalue weighted by Gasteiger charge is 2.45. The molecule has 9 amide bonds. The van der Waals surface area contributed by atoms with Crippen molar-refractivity contribution in [2.45, 2.75) is 147 Å². The van der Waals surface area contributed by atoms with Crippen molar-refractivity contribution in [3.63, 3.8) is 0 Å². The number of hydrogen-bond donors (Lipinski definition) is 5. The van der Waals surface area contributed by atoms with Crippen molar-refractivity contribution in [2.24, 2.45) is 5.92 Å². The van der Waals surface area contributed by atoms with E-state index in [9.17, 15) is 33.6 Å². The molecule has 7 aromatic rings. The molecule has 11 rings (SSSR count). The maximum atomic E-state index is 15.3. The standard InChI is InChI=1S/C87H98N10O16/c1-87(2,3)113-84(106)93(44-26-48-97(86(108)111-56-63-35-17-8-18-36-63)82(88)92-83(105)110-55-62-33-15-7-16-34-62)53-76(99)71(50-60-29-11-5-12-30-60)90-79(102)74-42-24-45-94(74)80(103)72(58-109-54-61-31-13-6-14-32-61)91-77(100)64(49-59-27-9-4-10-28-59)51-65(98)52-89-78(101)73-41-23-46-95(73)81(104)75-43-25-47-96(75)85(107)112-57-70-68-39-21-19-37-66(68)67-38-20-22-40-69(67)70/h4-22,27-40,64,70-75H,23-26,41-58H2,1-3H3,(H,89,101)(H,90,102)(H,91,100)(H2,88,92,105)/t64-,71+,72+,73+,74+,75+/m1/s1. The number of carbonyl (C=O) groups excluding carboxylic acids is 11. The fourth-order valence-electron chi connectivity index (χ4n) is 14.7. The second-order valence-corrected chi connectivity index (χ2v) is 29.6. The van der Waals surface area contributed by atoms with Crippen molar-refractivity contribution in [3.8, 4) is 11.1 Å². The lowest BCUT2D eigenvalue weighted by Gasteiger charge is -2.31. The number of likely N-dealkylation sites (tertiary alicyclic amines) is 3. The van der Waals surface area contributed by atoms with Crippen LogP contribution in [0.2, 0.25) is 0 Å². The number of fused-ring (bicyclic) bond motifs is 3. The summed E-state index contributed by atoms with van der Waals surface area (Å²) in [5.74, 6) is -6.12. The summed E-state index contributed by atoms with van der Waals surface area (Å²) in [4.78, 5) is 164. The molecule has 3 aliphatic heterocycles. The minimum Gasteiger partial charge on any atom is -0.448 e. The molecule has 0 bridgehead atoms. The van der Waals surface area contributed by atoms with Gasteiger partial charge < -0.3 is 54.3 Å². The number of guanidine groups is 1. The zero-order valence-corrected chi connectivity index (χ0v) is 63.9. The Labute approximate surface area is 657 Å². The molecular formula is C87H98N10O16. The average Bonchev–Trinajstić information content (AvgIpc) is 1.62. The maximum absolute atomic E-state index is 15.3. The Balaban J connectivity index is 0.748. The molecule has 0 aromatic heterocycles. The minimum atomic E-state index is -1.42. The van der Waals surface area contributed by atoms with Crippen LogP contribution in [-0.4, -0.2) is 191 Å². The molecule has 7 aromatic carbocycles. The molecule has 26 nitrogen and oxygen atoms in total. The Hall–Kier alpha value is -12.1. The van der Waals surface area contributed by atoms with Crippen LogP contribution in [0.25, 0.3) is 11.1 Å². The highest BCUT2D eigenvalue weighted by atomic mass is 16.6. The van der Waals surface area contributed by atoms with Gasteiger partial charge in [0.1, 0.15) is 49.6 Å². The molecule has 0 radical (unpaired) electrons. The lowest BCUT2D eigenvalue weighted by molar-refractivity contribution is -0.144. The molecule has 3 heterocycles. The van der Waals surface area contributed by atoms with Gasteiger partial charge in [-0.1, -0.05) is 200 Å². The lowest BCUT2D eigenvalue weighted by Crippen LogP contribution is -2.58. The minimum absolute atomic E-state index is 0.0353. The Morgan fingerprint density at radius 1 is 0.522 bits per heavy atom. The van der Waals surface area contributed by atoms with E-state index >= 15 is 19.2 Å². The van der Waals surface area contributed by atoms with Crippen molar-refractivity contribution in [1.29, 1.82) is 5.41 Å². The number of amides is 9. The van der Waals surface area contributed by atoms with Gasteiger partial charge in [-0.15, -0.1) is 0 Å². The third-order valence-corrected chi connectivity index (χ3v) is 20.4. The molecule has 0 saturated carbocycles. The maximum Gasteiger partial charge on any atom is 0.416 e. The summed E-state index contributed by atoms with van der Waals surface area (Å²) in [5, 5.41) is 19.7. The molecule has 26 heteroatoms. The third-order valence-electron chi connectivity index (χ3n) is 20.4. The predicted octanol–water partition coefficient (Wildman–Crippen LogP) is 10.4. The topological polar surface area (TPSA) is 322 Å². The van der Waals surface area contributed by atoms with E-state index in [4.69, 9.17) is 29.1 Å². The van der Waals surface area contributed by atoms with Crippen LogP contribution in [-0.2, 0) is 89.9 Å². The summed E-state index contributed by atoms with van der Waals surface area (Å²) in [7, 11) is 0. The van der Waals surface area contributed by atoms with E-state index in [1.165, 1.54) is 14.7 Å². The van der Waals surface area contributed by atoms with Crippen LogP contribution in [0.15, 0.2) is 200 Å². The molecule has 4 aliphatic rings. The summed E-state index contributed by atoms with van der Waals surface area (Å²) < 4.78 is 28.9. The van der Waals surface area contributed by atoms with Crippen molar-refractivity contribution < 1.29 is 76.4 Å². The van der Waals surface area contributed by atoms with Crippen LogP contribution in [0.5, 0.6) is 0 Å². The van der Waals surface area contributed by atoms with Gasteiger partial charge in [0.15, 0.2) is 11.6 Å². The van der Waals surface area contributed by atoms with Crippen LogP contribution < -0.4 is 21.3 Å². The second-order valence-electron chi connectivity index (χ2n) is 29.6. The smallest absolute Gasteiger partial charge is 0.416 e. The number of rotatable bonds is 32. The van der Waals surface area contributed by atoms with E-state index in [-0.39, 0.29) is 103 Å². The molecule has 1 aliphatic carbocycles. The summed E-state index contributed by atoms with van der Waals surface area (Å²) >= 11 is 0. The Bertz CT molecular complexity index is 4430. The second kappa shape index (κ2) is 39.7. The molecule has 6 atom stereocenters. The highest BCUT2D eigenvalue weighted by molar-refractivity contribution is 6.00. The zero-order chi connectivity index (χ0) is 79.8. The zero-order valence-electron chi connectivity index (χ0n) is 63.9. The number of hydrogen-bond acceptors (Lipinski definition) is 17. The van der Waals surface area contributed by atoms with E-state index in [0.717, 1.165) is 37.6 Å². The fraction of sp³-hybridized carbons (Fsp3) is 0.379. The van der Waals surface area contributed by atoms with Crippen molar-refractivity contribution in [3.05, 3.63) is 239 Å². The van der Waals surface area contributed by atoms with Gasteiger partial charge in [-0.3, -0.25) is 49.2 Å². The first kappa shape index (κ1) is 81.9. The normalized spacial score (nSPS) is 16.4. The number of ketones is 2. The Kier molecular flexibility index (Phi) is 28.8. The first-order chi connectivity index (χ1) is 54.6. The molecule has 0 unspecified atom stereocenters. The fourth-order valence-corrected chi connectivity index (χ4v) is 14.7. The highest BCUT2D eigenvalue weighted by Crippen LogP contribution is 2.45. The molecule has 3 fully saturated rings. The number of nitrogens with one attached hydrogen (secondary N) is 5. The van der Waals surface area contributed by atoms with Gasteiger partial charge in [0.2, 0.25) is 35.5 Å².